The summed E-state index contributed by atoms with van der Waals surface area (Å²) in [5.41, 5.74) is -3.94. The van der Waals surface area contributed by atoms with Crippen LogP contribution in [0.25, 0.3) is 0 Å². The Morgan fingerprint density at radius 2 is 1.70 bits per heavy atom. The molecule has 30 heavy (non-hydrogen) atoms. The molecule has 2 aromatic rings. The molecular formula is C19H15F3N2O5S. The Labute approximate surface area is 171 Å². The number of hydrogen-bond acceptors (Lipinski definition) is 5. The number of hydrogen-bond donors (Lipinski definition) is 1. The molecule has 7 nitrogen and oxygen atoms in total. The smallest absolute Gasteiger partial charge is 0.457 e. The molecule has 2 atom stereocenters. The molecule has 3 rings (SSSR count). The first-order valence-electron chi connectivity index (χ1n) is 8.48. The van der Waals surface area contributed by atoms with Crippen LogP contribution in [-0.2, 0) is 20.4 Å². The van der Waals surface area contributed by atoms with Crippen molar-refractivity contribution in [1.29, 1.82) is 0 Å². The fraction of sp³-hybridized carbons (Fsp3) is 0.211. The first kappa shape index (κ1) is 21.5. The largest absolute Gasteiger partial charge is 0.475 e. The number of imide groups is 2. The fourth-order valence-electron chi connectivity index (χ4n) is 2.82. The zero-order chi connectivity index (χ0) is 22.2. The Bertz CT molecular complexity index is 1050. The van der Waals surface area contributed by atoms with Crippen LogP contribution in [0.15, 0.2) is 47.4 Å². The van der Waals surface area contributed by atoms with Gasteiger partial charge < -0.3 is 4.74 Å². The van der Waals surface area contributed by atoms with Crippen molar-refractivity contribution < 1.29 is 36.5 Å². The molecule has 1 heterocycles. The van der Waals surface area contributed by atoms with E-state index < -0.39 is 45.0 Å². The summed E-state index contributed by atoms with van der Waals surface area (Å²) in [5.74, 6) is -2.02. The van der Waals surface area contributed by atoms with Gasteiger partial charge in [0, 0.05) is 11.9 Å². The number of likely N-dealkylation sites (N-methyl/N-ethyl adjacent to an activating group) is 1. The molecule has 0 spiro atoms. The van der Waals surface area contributed by atoms with E-state index in [9.17, 15) is 31.8 Å². The number of carbonyl (C=O) groups is 3. The van der Waals surface area contributed by atoms with Crippen molar-refractivity contribution in [3.05, 3.63) is 53.6 Å². The van der Waals surface area contributed by atoms with Crippen LogP contribution in [0.3, 0.4) is 0 Å². The van der Waals surface area contributed by atoms with Crippen LogP contribution in [0, 0.1) is 6.92 Å². The van der Waals surface area contributed by atoms with Crippen LogP contribution >= 0.6 is 0 Å². The molecule has 1 fully saturated rings. The van der Waals surface area contributed by atoms with Gasteiger partial charge >= 0.3 is 11.5 Å². The minimum Gasteiger partial charge on any atom is -0.457 e. The molecular weight excluding hydrogens is 425 g/mol. The molecule has 158 valence electrons. The number of alkyl halides is 3. The van der Waals surface area contributed by atoms with Gasteiger partial charge in [0.2, 0.25) is 11.8 Å². The van der Waals surface area contributed by atoms with Gasteiger partial charge in [-0.1, -0.05) is 12.1 Å². The van der Waals surface area contributed by atoms with Gasteiger partial charge in [0.25, 0.3) is 0 Å². The zero-order valence-corrected chi connectivity index (χ0v) is 16.5. The lowest BCUT2D eigenvalue weighted by atomic mass is 9.94. The molecule has 4 amide bonds. The molecule has 2 aromatic carbocycles. The highest BCUT2D eigenvalue weighted by molar-refractivity contribution is 7.86. The van der Waals surface area contributed by atoms with Crippen LogP contribution in [-0.4, -0.2) is 39.5 Å². The summed E-state index contributed by atoms with van der Waals surface area (Å²) in [6, 6.07) is 8.36. The van der Waals surface area contributed by atoms with Gasteiger partial charge in [0.1, 0.15) is 17.4 Å². The van der Waals surface area contributed by atoms with Gasteiger partial charge in [-0.15, -0.1) is 0 Å². The van der Waals surface area contributed by atoms with Crippen molar-refractivity contribution >= 4 is 28.6 Å². The lowest BCUT2D eigenvalue weighted by Gasteiger charge is -2.27. The van der Waals surface area contributed by atoms with Gasteiger partial charge in [0.05, 0.1) is 0 Å². The zero-order valence-electron chi connectivity index (χ0n) is 15.6. The maximum atomic E-state index is 12.5. The normalized spacial score (nSPS) is 18.2. The third-order valence-corrected chi connectivity index (χ3v) is 5.50. The Kier molecular flexibility index (Phi) is 5.66. The fourth-order valence-corrected chi connectivity index (χ4v) is 3.47. The molecule has 0 saturated carbocycles. The average Bonchev–Trinajstić information content (AvgIpc) is 2.67. The predicted molar refractivity (Wildman–Crippen MR) is 99.2 cm³/mol. The molecule has 0 aromatic heterocycles. The van der Waals surface area contributed by atoms with Crippen LogP contribution < -0.4 is 10.1 Å². The number of carbonyl (C=O) groups excluding carboxylic acids is 3. The highest BCUT2D eigenvalue weighted by Gasteiger charge is 2.40. The molecule has 0 aliphatic carbocycles. The molecule has 11 heteroatoms. The second kappa shape index (κ2) is 7.90. The Balaban J connectivity index is 1.79. The van der Waals surface area contributed by atoms with Crippen LogP contribution in [0.1, 0.15) is 17.0 Å². The van der Waals surface area contributed by atoms with E-state index in [1.54, 1.807) is 13.0 Å². The number of halogens is 3. The second-order valence-electron chi connectivity index (χ2n) is 6.44. The molecule has 0 bridgehead atoms. The third kappa shape index (κ3) is 4.20. The van der Waals surface area contributed by atoms with Crippen molar-refractivity contribution in [2.24, 2.45) is 0 Å². The molecule has 2 unspecified atom stereocenters. The van der Waals surface area contributed by atoms with Gasteiger partial charge in [-0.05, 0) is 48.4 Å². The van der Waals surface area contributed by atoms with Gasteiger partial charge in [-0.3, -0.25) is 19.8 Å². The summed E-state index contributed by atoms with van der Waals surface area (Å²) in [5, 5.41) is 2.10. The van der Waals surface area contributed by atoms with Crippen molar-refractivity contribution in [3.63, 3.8) is 0 Å². The quantitative estimate of drug-likeness (QED) is 0.737. The van der Waals surface area contributed by atoms with E-state index in [1.165, 1.54) is 31.3 Å². The van der Waals surface area contributed by atoms with E-state index in [0.717, 1.165) is 17.0 Å². The number of aryl methyl sites for hydroxylation is 1. The number of urea groups is 1. The third-order valence-electron chi connectivity index (χ3n) is 4.38. The summed E-state index contributed by atoms with van der Waals surface area (Å²) in [6.45, 7) is 1.66. The van der Waals surface area contributed by atoms with Crippen molar-refractivity contribution in [2.45, 2.75) is 23.2 Å². The van der Waals surface area contributed by atoms with E-state index >= 15 is 0 Å². The summed E-state index contributed by atoms with van der Waals surface area (Å²) >= 11 is 0. The maximum absolute atomic E-state index is 12.5. The number of benzene rings is 2. The Morgan fingerprint density at radius 1 is 1.07 bits per heavy atom. The molecule has 0 radical (unpaired) electrons. The minimum absolute atomic E-state index is 0.214. The van der Waals surface area contributed by atoms with Crippen molar-refractivity contribution in [1.82, 2.24) is 10.2 Å². The highest BCUT2D eigenvalue weighted by atomic mass is 32.2. The first-order chi connectivity index (χ1) is 14.0. The van der Waals surface area contributed by atoms with Crippen LogP contribution in [0.4, 0.5) is 18.0 Å². The number of rotatable bonds is 4. The first-order valence-corrected chi connectivity index (χ1v) is 9.63. The van der Waals surface area contributed by atoms with Crippen LogP contribution in [0.2, 0.25) is 0 Å². The standard InChI is InChI=1S/C19H15F3N2O5S/c1-10-9-11(15-16(25)23-18(27)24(2)17(15)26)3-8-14(10)29-12-4-6-13(7-5-12)30(28)19(20,21)22/h3-9,15H,1-2H3,(H,23,25,27). The van der Waals surface area contributed by atoms with E-state index in [1.807, 2.05) is 0 Å². The van der Waals surface area contributed by atoms with E-state index in [4.69, 9.17) is 4.74 Å². The van der Waals surface area contributed by atoms with Gasteiger partial charge in [-0.2, -0.15) is 13.2 Å². The van der Waals surface area contributed by atoms with Crippen molar-refractivity contribution in [2.75, 3.05) is 7.05 Å². The van der Waals surface area contributed by atoms with Crippen LogP contribution in [0.5, 0.6) is 11.5 Å². The van der Waals surface area contributed by atoms with Gasteiger partial charge in [-0.25, -0.2) is 9.00 Å². The van der Waals surface area contributed by atoms with E-state index in [2.05, 4.69) is 5.32 Å². The predicted octanol–water partition coefficient (Wildman–Crippen LogP) is 3.21. The highest BCUT2D eigenvalue weighted by Crippen LogP contribution is 2.31. The monoisotopic (exact) mass is 440 g/mol. The SMILES string of the molecule is Cc1cc(C2C(=O)NC(=O)N(C)C2=O)ccc1Oc1ccc(S(=O)C(F)(F)F)cc1. The number of barbiturate groups is 1. The number of nitrogens with one attached hydrogen (secondary N) is 1. The topological polar surface area (TPSA) is 92.8 Å². The summed E-state index contributed by atoms with van der Waals surface area (Å²) in [7, 11) is -1.87. The van der Waals surface area contributed by atoms with E-state index in [-0.39, 0.29) is 5.75 Å². The molecule has 1 aliphatic rings. The molecule has 1 aliphatic heterocycles. The number of ether oxygens (including phenoxy) is 1. The summed E-state index contributed by atoms with van der Waals surface area (Å²) < 4.78 is 54.5. The van der Waals surface area contributed by atoms with Gasteiger partial charge in [0.15, 0.2) is 10.8 Å². The molecule has 1 N–H and O–H groups in total. The number of nitrogens with zero attached hydrogens (tertiary/aromatic N) is 1. The average molecular weight is 440 g/mol. The second-order valence-corrected chi connectivity index (χ2v) is 7.91. The van der Waals surface area contributed by atoms with Crippen molar-refractivity contribution in [3.8, 4) is 11.5 Å². The summed E-state index contributed by atoms with van der Waals surface area (Å²) in [4.78, 5) is 36.3. The minimum atomic E-state index is -4.85. The number of amides is 4. The van der Waals surface area contributed by atoms with E-state index in [0.29, 0.717) is 16.9 Å². The Morgan fingerprint density at radius 3 is 2.27 bits per heavy atom. The molecule has 1 saturated heterocycles. The maximum Gasteiger partial charge on any atom is 0.475 e. The summed E-state index contributed by atoms with van der Waals surface area (Å²) in [6.07, 6.45) is 0. The lowest BCUT2D eigenvalue weighted by Crippen LogP contribution is -2.55. The lowest BCUT2D eigenvalue weighted by molar-refractivity contribution is -0.137. The Hall–Kier alpha value is -3.21.